The SMILES string of the molecule is CC(C)SCCCC(C)(C)C. The van der Waals surface area contributed by atoms with E-state index >= 15 is 0 Å². The van der Waals surface area contributed by atoms with Gasteiger partial charge in [0.2, 0.25) is 0 Å². The van der Waals surface area contributed by atoms with E-state index in [1.54, 1.807) is 0 Å². The van der Waals surface area contributed by atoms with Crippen LogP contribution in [0.1, 0.15) is 47.5 Å². The number of rotatable bonds is 4. The fraction of sp³-hybridized carbons (Fsp3) is 1.00. The van der Waals surface area contributed by atoms with E-state index in [0.29, 0.717) is 5.41 Å². The third-order valence-corrected chi connectivity index (χ3v) is 2.71. The van der Waals surface area contributed by atoms with Gasteiger partial charge < -0.3 is 0 Å². The summed E-state index contributed by atoms with van der Waals surface area (Å²) in [5.41, 5.74) is 0.525. The van der Waals surface area contributed by atoms with Gasteiger partial charge in [-0.1, -0.05) is 34.6 Å². The highest BCUT2D eigenvalue weighted by atomic mass is 32.2. The van der Waals surface area contributed by atoms with Crippen LogP contribution >= 0.6 is 11.8 Å². The van der Waals surface area contributed by atoms with Crippen molar-refractivity contribution < 1.29 is 0 Å². The van der Waals surface area contributed by atoms with Crippen LogP contribution in [0.15, 0.2) is 0 Å². The van der Waals surface area contributed by atoms with Crippen LogP contribution in [0, 0.1) is 5.41 Å². The lowest BCUT2D eigenvalue weighted by atomic mass is 9.91. The molecule has 0 fully saturated rings. The molecule has 0 heterocycles. The molecule has 0 radical (unpaired) electrons. The van der Waals surface area contributed by atoms with Crippen molar-refractivity contribution >= 4 is 11.8 Å². The fourth-order valence-corrected chi connectivity index (χ4v) is 1.70. The Bertz CT molecular complexity index is 89.5. The highest BCUT2D eigenvalue weighted by molar-refractivity contribution is 7.99. The molecule has 0 saturated heterocycles. The van der Waals surface area contributed by atoms with Gasteiger partial charge in [-0.05, 0) is 29.3 Å². The van der Waals surface area contributed by atoms with Crippen molar-refractivity contribution in [2.75, 3.05) is 5.75 Å². The molecule has 0 aliphatic heterocycles. The summed E-state index contributed by atoms with van der Waals surface area (Å²) >= 11 is 2.07. The Balaban J connectivity index is 3.15. The first-order valence-corrected chi connectivity index (χ1v) is 5.58. The van der Waals surface area contributed by atoms with Gasteiger partial charge in [0.05, 0.1) is 0 Å². The molecule has 0 aliphatic carbocycles. The molecule has 0 spiro atoms. The van der Waals surface area contributed by atoms with E-state index in [1.807, 2.05) is 0 Å². The summed E-state index contributed by atoms with van der Waals surface area (Å²) in [6, 6.07) is 0. The summed E-state index contributed by atoms with van der Waals surface area (Å²) in [5, 5.41) is 0.801. The van der Waals surface area contributed by atoms with Gasteiger partial charge in [-0.2, -0.15) is 11.8 Å². The van der Waals surface area contributed by atoms with Crippen LogP contribution in [0.5, 0.6) is 0 Å². The Kier molecular flexibility index (Phi) is 5.24. The smallest absolute Gasteiger partial charge is 0.000968 e. The third kappa shape index (κ3) is 10.4. The molecule has 11 heavy (non-hydrogen) atoms. The Morgan fingerprint density at radius 2 is 1.73 bits per heavy atom. The molecule has 1 heteroatoms. The highest BCUT2D eigenvalue weighted by Crippen LogP contribution is 2.22. The molecule has 0 saturated carbocycles. The second-order valence-electron chi connectivity index (χ2n) is 4.58. The zero-order valence-electron chi connectivity index (χ0n) is 8.61. The van der Waals surface area contributed by atoms with Crippen LogP contribution < -0.4 is 0 Å². The molecule has 0 aliphatic rings. The van der Waals surface area contributed by atoms with Gasteiger partial charge in [-0.25, -0.2) is 0 Å². The van der Waals surface area contributed by atoms with E-state index in [1.165, 1.54) is 18.6 Å². The summed E-state index contributed by atoms with van der Waals surface area (Å²) in [6.45, 7) is 11.5. The predicted molar refractivity (Wildman–Crippen MR) is 56.3 cm³/mol. The van der Waals surface area contributed by atoms with Crippen molar-refractivity contribution in [3.05, 3.63) is 0 Å². The molecular formula is C10H22S. The van der Waals surface area contributed by atoms with Crippen LogP contribution in [-0.2, 0) is 0 Å². The first kappa shape index (κ1) is 11.4. The summed E-state index contributed by atoms with van der Waals surface area (Å²) in [7, 11) is 0. The van der Waals surface area contributed by atoms with Gasteiger partial charge in [0.25, 0.3) is 0 Å². The normalized spacial score (nSPS) is 12.5. The molecule has 0 nitrogen and oxygen atoms in total. The molecule has 0 aromatic carbocycles. The zero-order chi connectivity index (χ0) is 8.91. The highest BCUT2D eigenvalue weighted by Gasteiger charge is 2.08. The van der Waals surface area contributed by atoms with E-state index in [-0.39, 0.29) is 0 Å². The van der Waals surface area contributed by atoms with Crippen molar-refractivity contribution in [2.45, 2.75) is 52.7 Å². The van der Waals surface area contributed by atoms with Crippen LogP contribution in [0.4, 0.5) is 0 Å². The van der Waals surface area contributed by atoms with Crippen molar-refractivity contribution in [2.24, 2.45) is 5.41 Å². The van der Waals surface area contributed by atoms with Crippen LogP contribution in [0.25, 0.3) is 0 Å². The lowest BCUT2D eigenvalue weighted by Gasteiger charge is -2.17. The van der Waals surface area contributed by atoms with Gasteiger partial charge in [0, 0.05) is 0 Å². The quantitative estimate of drug-likeness (QED) is 0.581. The molecule has 0 N–H and O–H groups in total. The zero-order valence-corrected chi connectivity index (χ0v) is 9.42. The molecular weight excluding hydrogens is 152 g/mol. The standard InChI is InChI=1S/C10H22S/c1-9(2)11-8-6-7-10(3,4)5/h9H,6-8H2,1-5H3. The third-order valence-electron chi connectivity index (χ3n) is 1.52. The molecule has 0 atom stereocenters. The number of hydrogen-bond acceptors (Lipinski definition) is 1. The minimum atomic E-state index is 0.525. The molecule has 68 valence electrons. The first-order chi connectivity index (χ1) is 4.92. The van der Waals surface area contributed by atoms with Crippen molar-refractivity contribution in [3.8, 4) is 0 Å². The predicted octanol–water partition coefficient (Wildman–Crippen LogP) is 3.95. The maximum Gasteiger partial charge on any atom is -0.000968 e. The second kappa shape index (κ2) is 5.08. The average Bonchev–Trinajstić information content (AvgIpc) is 1.78. The summed E-state index contributed by atoms with van der Waals surface area (Å²) in [6.07, 6.45) is 2.72. The lowest BCUT2D eigenvalue weighted by Crippen LogP contribution is -2.05. The second-order valence-corrected chi connectivity index (χ2v) is 6.27. The molecule has 0 aromatic heterocycles. The van der Waals surface area contributed by atoms with Crippen LogP contribution in [0.2, 0.25) is 0 Å². The van der Waals surface area contributed by atoms with Gasteiger partial charge >= 0.3 is 0 Å². The van der Waals surface area contributed by atoms with E-state index in [4.69, 9.17) is 0 Å². The molecule has 0 unspecified atom stereocenters. The topological polar surface area (TPSA) is 0 Å². The summed E-state index contributed by atoms with van der Waals surface area (Å²) in [4.78, 5) is 0. The first-order valence-electron chi connectivity index (χ1n) is 4.53. The van der Waals surface area contributed by atoms with Crippen LogP contribution in [-0.4, -0.2) is 11.0 Å². The van der Waals surface area contributed by atoms with Gasteiger partial charge in [0.15, 0.2) is 0 Å². The fourth-order valence-electron chi connectivity index (χ4n) is 0.922. The van der Waals surface area contributed by atoms with E-state index in [0.717, 1.165) is 5.25 Å². The largest absolute Gasteiger partial charge is 0.159 e. The molecule has 0 aromatic rings. The number of hydrogen-bond donors (Lipinski definition) is 0. The maximum atomic E-state index is 2.31. The van der Waals surface area contributed by atoms with Crippen molar-refractivity contribution in [1.82, 2.24) is 0 Å². The van der Waals surface area contributed by atoms with Gasteiger partial charge in [-0.15, -0.1) is 0 Å². The Morgan fingerprint density at radius 3 is 2.09 bits per heavy atom. The molecule has 0 bridgehead atoms. The van der Waals surface area contributed by atoms with E-state index < -0.39 is 0 Å². The summed E-state index contributed by atoms with van der Waals surface area (Å²) in [5.74, 6) is 1.33. The van der Waals surface area contributed by atoms with E-state index in [2.05, 4.69) is 46.4 Å². The Morgan fingerprint density at radius 1 is 1.18 bits per heavy atom. The van der Waals surface area contributed by atoms with E-state index in [9.17, 15) is 0 Å². The summed E-state index contributed by atoms with van der Waals surface area (Å²) < 4.78 is 0. The Hall–Kier alpha value is 0.350. The minimum Gasteiger partial charge on any atom is -0.159 e. The van der Waals surface area contributed by atoms with Gasteiger partial charge in [-0.3, -0.25) is 0 Å². The maximum absolute atomic E-state index is 2.31. The molecule has 0 rings (SSSR count). The number of thioether (sulfide) groups is 1. The lowest BCUT2D eigenvalue weighted by molar-refractivity contribution is 0.374. The minimum absolute atomic E-state index is 0.525. The Labute approximate surface area is 76.1 Å². The van der Waals surface area contributed by atoms with Crippen LogP contribution in [0.3, 0.4) is 0 Å². The van der Waals surface area contributed by atoms with Crippen molar-refractivity contribution in [3.63, 3.8) is 0 Å². The van der Waals surface area contributed by atoms with Crippen molar-refractivity contribution in [1.29, 1.82) is 0 Å². The average molecular weight is 174 g/mol. The molecule has 0 amide bonds. The monoisotopic (exact) mass is 174 g/mol. The van der Waals surface area contributed by atoms with Gasteiger partial charge in [0.1, 0.15) is 0 Å².